The van der Waals surface area contributed by atoms with Crippen molar-refractivity contribution in [2.75, 3.05) is 31.1 Å². The molecule has 2 aromatic rings. The molecule has 6 heteroatoms. The van der Waals surface area contributed by atoms with E-state index < -0.39 is 0 Å². The molecule has 0 atom stereocenters. The molecular weight excluding hydrogens is 390 g/mol. The van der Waals surface area contributed by atoms with Gasteiger partial charge >= 0.3 is 0 Å². The number of aryl methyl sites for hydroxylation is 1. The van der Waals surface area contributed by atoms with Crippen molar-refractivity contribution in [1.29, 1.82) is 0 Å². The van der Waals surface area contributed by atoms with Crippen LogP contribution in [0.15, 0.2) is 59.1 Å². The number of aliphatic hydroxyl groups excluding tert-OH is 1. The first-order valence-corrected chi connectivity index (χ1v) is 10.7. The van der Waals surface area contributed by atoms with Crippen LogP contribution < -0.4 is 10.2 Å². The van der Waals surface area contributed by atoms with Crippen LogP contribution >= 0.6 is 0 Å². The minimum absolute atomic E-state index is 0.0927. The third kappa shape index (κ3) is 4.91. The third-order valence-electron chi connectivity index (χ3n) is 5.29. The number of ketones is 1. The molecule has 6 nitrogen and oxygen atoms in total. The van der Waals surface area contributed by atoms with E-state index in [1.165, 1.54) is 0 Å². The zero-order valence-corrected chi connectivity index (χ0v) is 18.3. The van der Waals surface area contributed by atoms with E-state index in [1.54, 1.807) is 18.2 Å². The van der Waals surface area contributed by atoms with Gasteiger partial charge in [0.05, 0.1) is 23.6 Å². The highest BCUT2D eigenvalue weighted by Crippen LogP contribution is 2.28. The first kappa shape index (κ1) is 22.4. The molecule has 0 saturated carbocycles. The fourth-order valence-electron chi connectivity index (χ4n) is 3.61. The molecular formula is C25H29N3O3. The number of carbonyl (C=O) groups excluding carboxylic acids is 2. The van der Waals surface area contributed by atoms with Crippen molar-refractivity contribution < 1.29 is 14.7 Å². The van der Waals surface area contributed by atoms with E-state index in [9.17, 15) is 14.7 Å². The smallest absolute Gasteiger partial charge is 0.255 e. The van der Waals surface area contributed by atoms with Gasteiger partial charge in [-0.25, -0.2) is 4.99 Å². The van der Waals surface area contributed by atoms with Crippen molar-refractivity contribution in [1.82, 2.24) is 5.32 Å². The van der Waals surface area contributed by atoms with Crippen LogP contribution in [-0.2, 0) is 4.79 Å². The fourth-order valence-corrected chi connectivity index (χ4v) is 3.61. The lowest BCUT2D eigenvalue weighted by atomic mass is 9.88. The minimum Gasteiger partial charge on any atom is -0.395 e. The maximum Gasteiger partial charge on any atom is 0.255 e. The number of aliphatic imine (C=N–C) groups is 1. The summed E-state index contributed by atoms with van der Waals surface area (Å²) < 4.78 is 0. The average molecular weight is 420 g/mol. The number of nitrogens with one attached hydrogen (secondary N) is 1. The topological polar surface area (TPSA) is 82.0 Å². The third-order valence-corrected chi connectivity index (χ3v) is 5.29. The first-order valence-electron chi connectivity index (χ1n) is 10.7. The number of benzene rings is 2. The van der Waals surface area contributed by atoms with Gasteiger partial charge < -0.3 is 15.3 Å². The van der Waals surface area contributed by atoms with Gasteiger partial charge in [-0.2, -0.15) is 0 Å². The fraction of sp³-hybridized carbons (Fsp3) is 0.320. The van der Waals surface area contributed by atoms with Crippen molar-refractivity contribution in [3.05, 3.63) is 70.8 Å². The van der Waals surface area contributed by atoms with E-state index in [2.05, 4.69) is 10.2 Å². The highest BCUT2D eigenvalue weighted by molar-refractivity contribution is 6.35. The maximum absolute atomic E-state index is 12.9. The van der Waals surface area contributed by atoms with Crippen LogP contribution in [0.2, 0.25) is 0 Å². The number of likely N-dealkylation sites (N-methyl/N-ethyl adjacent to an activating group) is 1. The summed E-state index contributed by atoms with van der Waals surface area (Å²) in [6, 6.07) is 13.2. The van der Waals surface area contributed by atoms with Gasteiger partial charge in [0.1, 0.15) is 0 Å². The Labute approximate surface area is 183 Å². The molecule has 0 aliphatic heterocycles. The Hall–Kier alpha value is -3.25. The Balaban J connectivity index is 2.03. The normalized spacial score (nSPS) is 14.3. The van der Waals surface area contributed by atoms with E-state index >= 15 is 0 Å². The minimum atomic E-state index is -0.372. The lowest BCUT2D eigenvalue weighted by molar-refractivity contribution is -0.117. The molecule has 1 amide bonds. The molecule has 2 aromatic carbocycles. The second-order valence-corrected chi connectivity index (χ2v) is 7.46. The summed E-state index contributed by atoms with van der Waals surface area (Å²) in [4.78, 5) is 32.4. The Morgan fingerprint density at radius 1 is 1.13 bits per heavy atom. The number of amides is 1. The quantitative estimate of drug-likeness (QED) is 0.641. The summed E-state index contributed by atoms with van der Waals surface area (Å²) in [5, 5.41) is 12.1. The zero-order chi connectivity index (χ0) is 22.4. The van der Waals surface area contributed by atoms with Gasteiger partial charge in [0.2, 0.25) is 0 Å². The van der Waals surface area contributed by atoms with Crippen LogP contribution in [0.1, 0.15) is 41.8 Å². The van der Waals surface area contributed by atoms with Crippen molar-refractivity contribution in [3.63, 3.8) is 0 Å². The molecule has 0 aromatic heterocycles. The van der Waals surface area contributed by atoms with Crippen LogP contribution in [0.25, 0.3) is 0 Å². The van der Waals surface area contributed by atoms with Gasteiger partial charge in [-0.1, -0.05) is 31.2 Å². The number of hydrogen-bond acceptors (Lipinski definition) is 5. The standard InChI is InChI=1S/C25H29N3O3/c1-4-12-26-25(31)21-16-23(19-8-6-7-9-20(19)24(21)30)27-22-11-10-18(15-17(22)3)28(5-2)13-14-29/h6-11,15-16,29H,4-5,12-14H2,1-3H3,(H,26,31)/b27-23+. The molecule has 0 radical (unpaired) electrons. The van der Waals surface area contributed by atoms with Gasteiger partial charge in [0.15, 0.2) is 5.78 Å². The number of fused-ring (bicyclic) bond motifs is 1. The van der Waals surface area contributed by atoms with E-state index in [-0.39, 0.29) is 23.9 Å². The van der Waals surface area contributed by atoms with Crippen LogP contribution in [-0.4, -0.2) is 48.7 Å². The van der Waals surface area contributed by atoms with Crippen molar-refractivity contribution in [3.8, 4) is 0 Å². The predicted molar refractivity (Wildman–Crippen MR) is 125 cm³/mol. The lowest BCUT2D eigenvalue weighted by Gasteiger charge is -2.23. The lowest BCUT2D eigenvalue weighted by Crippen LogP contribution is -2.32. The van der Waals surface area contributed by atoms with Crippen LogP contribution in [0.4, 0.5) is 11.4 Å². The number of allylic oxidation sites excluding steroid dienone is 1. The number of anilines is 1. The van der Waals surface area contributed by atoms with E-state index in [0.717, 1.165) is 35.5 Å². The van der Waals surface area contributed by atoms with E-state index in [0.29, 0.717) is 24.4 Å². The molecule has 0 spiro atoms. The maximum atomic E-state index is 12.9. The highest BCUT2D eigenvalue weighted by Gasteiger charge is 2.28. The molecule has 0 fully saturated rings. The van der Waals surface area contributed by atoms with Gasteiger partial charge in [-0.15, -0.1) is 0 Å². The van der Waals surface area contributed by atoms with Gasteiger partial charge in [-0.3, -0.25) is 9.59 Å². The zero-order valence-electron chi connectivity index (χ0n) is 18.3. The average Bonchev–Trinajstić information content (AvgIpc) is 2.78. The van der Waals surface area contributed by atoms with E-state index in [1.807, 2.05) is 51.1 Å². The number of aliphatic hydroxyl groups is 1. The van der Waals surface area contributed by atoms with Crippen LogP contribution in [0, 0.1) is 6.92 Å². The summed E-state index contributed by atoms with van der Waals surface area (Å²) in [5.41, 5.74) is 4.68. The molecule has 0 unspecified atom stereocenters. The Kier molecular flexibility index (Phi) is 7.36. The summed E-state index contributed by atoms with van der Waals surface area (Å²) >= 11 is 0. The molecule has 31 heavy (non-hydrogen) atoms. The van der Waals surface area contributed by atoms with Crippen molar-refractivity contribution in [2.45, 2.75) is 27.2 Å². The molecule has 162 valence electrons. The van der Waals surface area contributed by atoms with E-state index in [4.69, 9.17) is 4.99 Å². The summed E-state index contributed by atoms with van der Waals surface area (Å²) in [7, 11) is 0. The molecule has 1 aliphatic rings. The summed E-state index contributed by atoms with van der Waals surface area (Å²) in [5.74, 6) is -0.651. The van der Waals surface area contributed by atoms with Gasteiger partial charge in [-0.05, 0) is 50.1 Å². The second-order valence-electron chi connectivity index (χ2n) is 7.46. The molecule has 0 saturated heterocycles. The Morgan fingerprint density at radius 2 is 1.87 bits per heavy atom. The Bertz CT molecular complexity index is 1040. The molecule has 3 rings (SSSR count). The SMILES string of the molecule is CCCNC(=O)C1=C/C(=N\c2ccc(N(CC)CCO)cc2C)c2ccccc2C1=O. The number of carbonyl (C=O) groups is 2. The first-order chi connectivity index (χ1) is 15.0. The van der Waals surface area contributed by atoms with Gasteiger partial charge in [0.25, 0.3) is 5.91 Å². The number of Topliss-reactive ketones (excluding diaryl/α,β-unsaturated/α-hetero) is 1. The monoisotopic (exact) mass is 419 g/mol. The molecule has 2 N–H and O–H groups in total. The van der Waals surface area contributed by atoms with Crippen LogP contribution in [0.3, 0.4) is 0 Å². The van der Waals surface area contributed by atoms with Gasteiger partial charge in [0, 0.05) is 36.4 Å². The van der Waals surface area contributed by atoms with Crippen molar-refractivity contribution in [2.24, 2.45) is 4.99 Å². The molecule has 0 bridgehead atoms. The molecule has 0 heterocycles. The van der Waals surface area contributed by atoms with Crippen molar-refractivity contribution >= 4 is 28.8 Å². The largest absolute Gasteiger partial charge is 0.395 e. The van der Waals surface area contributed by atoms with Crippen LogP contribution in [0.5, 0.6) is 0 Å². The number of rotatable bonds is 8. The second kappa shape index (κ2) is 10.2. The summed E-state index contributed by atoms with van der Waals surface area (Å²) in [6.45, 7) is 7.96. The number of hydrogen-bond donors (Lipinski definition) is 2. The summed E-state index contributed by atoms with van der Waals surface area (Å²) in [6.07, 6.45) is 2.38. The molecule has 1 aliphatic carbocycles. The highest BCUT2D eigenvalue weighted by atomic mass is 16.3. The predicted octanol–water partition coefficient (Wildman–Crippen LogP) is 3.58. The number of nitrogens with zero attached hydrogens (tertiary/aromatic N) is 2. The Morgan fingerprint density at radius 3 is 2.52 bits per heavy atom.